The number of hydrogen-bond acceptors (Lipinski definition) is 5. The van der Waals surface area contributed by atoms with Crippen LogP contribution in [0.25, 0.3) is 0 Å². The lowest BCUT2D eigenvalue weighted by atomic mass is 10.3. The van der Waals surface area contributed by atoms with Gasteiger partial charge in [-0.15, -0.1) is 0 Å². The van der Waals surface area contributed by atoms with Crippen LogP contribution >= 0.6 is 0 Å². The lowest BCUT2D eigenvalue weighted by molar-refractivity contribution is 0.0988. The Labute approximate surface area is 113 Å². The first-order chi connectivity index (χ1) is 8.99. The zero-order valence-corrected chi connectivity index (χ0v) is 11.6. The van der Waals surface area contributed by atoms with E-state index in [0.29, 0.717) is 12.4 Å². The van der Waals surface area contributed by atoms with Gasteiger partial charge in [-0.05, 0) is 30.7 Å². The van der Waals surface area contributed by atoms with Gasteiger partial charge in [-0.3, -0.25) is 0 Å². The lowest BCUT2D eigenvalue weighted by Crippen LogP contribution is -2.33. The highest BCUT2D eigenvalue weighted by molar-refractivity contribution is 7.89. The van der Waals surface area contributed by atoms with Crippen molar-refractivity contribution < 1.29 is 23.4 Å². The van der Waals surface area contributed by atoms with Crippen LogP contribution in [0.4, 0.5) is 0 Å². The molecule has 0 spiro atoms. The van der Waals surface area contributed by atoms with Crippen LogP contribution in [0.1, 0.15) is 13.3 Å². The Balaban J connectivity index is 2.68. The minimum absolute atomic E-state index is 0.0847. The maximum atomic E-state index is 11.8. The molecule has 0 aromatic heterocycles. The molecule has 0 radical (unpaired) electrons. The number of nitrogens with one attached hydrogen (secondary N) is 1. The van der Waals surface area contributed by atoms with Gasteiger partial charge in [0, 0.05) is 6.54 Å². The SMILES string of the molecule is CCCOc1ccc(S(=O)(=O)NCC(O)CO)cc1. The predicted octanol–water partition coefficient (Wildman–Crippen LogP) is 0.107. The molecule has 0 saturated heterocycles. The van der Waals surface area contributed by atoms with E-state index in [4.69, 9.17) is 14.9 Å². The minimum Gasteiger partial charge on any atom is -0.494 e. The average molecular weight is 289 g/mol. The number of ether oxygens (including phenoxy) is 1. The molecule has 1 aromatic rings. The first-order valence-electron chi connectivity index (χ1n) is 6.01. The van der Waals surface area contributed by atoms with Gasteiger partial charge in [0.1, 0.15) is 5.75 Å². The third-order valence-electron chi connectivity index (χ3n) is 2.33. The molecule has 0 heterocycles. The molecule has 0 amide bonds. The summed E-state index contributed by atoms with van der Waals surface area (Å²) in [6.07, 6.45) is -0.234. The Morgan fingerprint density at radius 3 is 2.47 bits per heavy atom. The van der Waals surface area contributed by atoms with Gasteiger partial charge < -0.3 is 14.9 Å². The third kappa shape index (κ3) is 5.15. The van der Waals surface area contributed by atoms with Crippen molar-refractivity contribution in [3.8, 4) is 5.75 Å². The Morgan fingerprint density at radius 1 is 1.32 bits per heavy atom. The van der Waals surface area contributed by atoms with E-state index in [1.807, 2.05) is 6.92 Å². The van der Waals surface area contributed by atoms with Gasteiger partial charge in [0.15, 0.2) is 0 Å². The van der Waals surface area contributed by atoms with E-state index in [9.17, 15) is 8.42 Å². The minimum atomic E-state index is -3.68. The quantitative estimate of drug-likeness (QED) is 0.631. The van der Waals surface area contributed by atoms with Crippen molar-refractivity contribution in [3.63, 3.8) is 0 Å². The predicted molar refractivity (Wildman–Crippen MR) is 70.5 cm³/mol. The summed E-state index contributed by atoms with van der Waals surface area (Å²) < 4.78 is 31.2. The monoisotopic (exact) mass is 289 g/mol. The van der Waals surface area contributed by atoms with Crippen molar-refractivity contribution in [1.29, 1.82) is 0 Å². The van der Waals surface area contributed by atoms with Crippen LogP contribution < -0.4 is 9.46 Å². The fourth-order valence-electron chi connectivity index (χ4n) is 1.29. The average Bonchev–Trinajstić information content (AvgIpc) is 2.43. The summed E-state index contributed by atoms with van der Waals surface area (Å²) in [4.78, 5) is 0.0847. The van der Waals surface area contributed by atoms with Crippen molar-refractivity contribution >= 4 is 10.0 Å². The van der Waals surface area contributed by atoms with Gasteiger partial charge in [-0.2, -0.15) is 0 Å². The van der Waals surface area contributed by atoms with Crippen molar-refractivity contribution in [1.82, 2.24) is 4.72 Å². The molecule has 1 unspecified atom stereocenters. The van der Waals surface area contributed by atoms with Crippen LogP contribution in [0.2, 0.25) is 0 Å². The van der Waals surface area contributed by atoms with Crippen molar-refractivity contribution in [2.45, 2.75) is 24.3 Å². The molecular formula is C12H19NO5S. The smallest absolute Gasteiger partial charge is 0.240 e. The van der Waals surface area contributed by atoms with Crippen molar-refractivity contribution in [2.24, 2.45) is 0 Å². The summed E-state index contributed by atoms with van der Waals surface area (Å²) in [6, 6.07) is 6.01. The van der Waals surface area contributed by atoms with Crippen LogP contribution in [0.15, 0.2) is 29.2 Å². The molecule has 0 aliphatic rings. The van der Waals surface area contributed by atoms with Gasteiger partial charge in [0.25, 0.3) is 0 Å². The molecule has 0 saturated carbocycles. The molecule has 1 atom stereocenters. The highest BCUT2D eigenvalue weighted by atomic mass is 32.2. The summed E-state index contributed by atoms with van der Waals surface area (Å²) in [5.74, 6) is 0.608. The molecule has 1 aromatic carbocycles. The van der Waals surface area contributed by atoms with Crippen LogP contribution in [-0.4, -0.2) is 44.5 Å². The van der Waals surface area contributed by atoms with Crippen LogP contribution in [-0.2, 0) is 10.0 Å². The Morgan fingerprint density at radius 2 is 1.95 bits per heavy atom. The molecule has 108 valence electrons. The highest BCUT2D eigenvalue weighted by Crippen LogP contribution is 2.15. The van der Waals surface area contributed by atoms with Crippen molar-refractivity contribution in [3.05, 3.63) is 24.3 Å². The third-order valence-corrected chi connectivity index (χ3v) is 3.77. The second-order valence-electron chi connectivity index (χ2n) is 4.01. The standard InChI is InChI=1S/C12H19NO5S/c1-2-7-18-11-3-5-12(6-4-11)19(16,17)13-8-10(15)9-14/h3-6,10,13-15H,2,7-9H2,1H3. The van der Waals surface area contributed by atoms with Gasteiger partial charge >= 0.3 is 0 Å². The number of hydrogen-bond donors (Lipinski definition) is 3. The molecule has 0 bridgehead atoms. The largest absolute Gasteiger partial charge is 0.494 e. The lowest BCUT2D eigenvalue weighted by Gasteiger charge is -2.10. The topological polar surface area (TPSA) is 95.9 Å². The molecule has 6 nitrogen and oxygen atoms in total. The maximum Gasteiger partial charge on any atom is 0.240 e. The van der Waals surface area contributed by atoms with E-state index in [-0.39, 0.29) is 11.4 Å². The normalized spacial score (nSPS) is 13.2. The first kappa shape index (κ1) is 15.9. The summed E-state index contributed by atoms with van der Waals surface area (Å²) in [5.41, 5.74) is 0. The van der Waals surface area contributed by atoms with E-state index in [1.165, 1.54) is 12.1 Å². The zero-order valence-electron chi connectivity index (χ0n) is 10.7. The molecular weight excluding hydrogens is 270 g/mol. The Kier molecular flexibility index (Phi) is 6.23. The highest BCUT2D eigenvalue weighted by Gasteiger charge is 2.15. The molecule has 1 rings (SSSR count). The number of sulfonamides is 1. The molecule has 3 N–H and O–H groups in total. The van der Waals surface area contributed by atoms with E-state index in [1.54, 1.807) is 12.1 Å². The van der Waals surface area contributed by atoms with Gasteiger partial charge in [0.2, 0.25) is 10.0 Å². The Hall–Kier alpha value is -1.15. The summed E-state index contributed by atoms with van der Waals surface area (Å²) in [5, 5.41) is 17.7. The number of aliphatic hydroxyl groups excluding tert-OH is 2. The fourth-order valence-corrected chi connectivity index (χ4v) is 2.36. The maximum absolute atomic E-state index is 11.8. The molecule has 0 aliphatic heterocycles. The number of aliphatic hydroxyl groups is 2. The van der Waals surface area contributed by atoms with Gasteiger partial charge in [-0.1, -0.05) is 6.92 Å². The van der Waals surface area contributed by atoms with E-state index in [0.717, 1.165) is 6.42 Å². The second kappa shape index (κ2) is 7.44. The fraction of sp³-hybridized carbons (Fsp3) is 0.500. The van der Waals surface area contributed by atoms with E-state index >= 15 is 0 Å². The van der Waals surface area contributed by atoms with Crippen LogP contribution in [0, 0.1) is 0 Å². The Bertz CT molecular complexity index is 471. The summed E-state index contributed by atoms with van der Waals surface area (Å²) in [7, 11) is -3.68. The summed E-state index contributed by atoms with van der Waals surface area (Å²) >= 11 is 0. The molecule has 7 heteroatoms. The van der Waals surface area contributed by atoms with E-state index in [2.05, 4.69) is 4.72 Å². The second-order valence-corrected chi connectivity index (χ2v) is 5.78. The van der Waals surface area contributed by atoms with Crippen molar-refractivity contribution in [2.75, 3.05) is 19.8 Å². The zero-order chi connectivity index (χ0) is 14.3. The molecule has 19 heavy (non-hydrogen) atoms. The molecule has 0 aliphatic carbocycles. The first-order valence-corrected chi connectivity index (χ1v) is 7.49. The van der Waals surface area contributed by atoms with Gasteiger partial charge in [-0.25, -0.2) is 13.1 Å². The van der Waals surface area contributed by atoms with Gasteiger partial charge in [0.05, 0.1) is 24.2 Å². The van der Waals surface area contributed by atoms with Crippen LogP contribution in [0.3, 0.4) is 0 Å². The van der Waals surface area contributed by atoms with E-state index < -0.39 is 22.7 Å². The number of benzene rings is 1. The number of rotatable bonds is 8. The van der Waals surface area contributed by atoms with Crippen LogP contribution in [0.5, 0.6) is 5.75 Å². The molecule has 0 fully saturated rings. The summed E-state index contributed by atoms with van der Waals surface area (Å²) in [6.45, 7) is 1.83.